The zero-order valence-electron chi connectivity index (χ0n) is 32.0. The van der Waals surface area contributed by atoms with Gasteiger partial charge in [0.15, 0.2) is 17.5 Å². The Hall–Kier alpha value is -8.45. The molecule has 0 radical (unpaired) electrons. The van der Waals surface area contributed by atoms with Crippen LogP contribution in [0.1, 0.15) is 33.4 Å². The summed E-state index contributed by atoms with van der Waals surface area (Å²) in [5.74, 6) is 3.20. The van der Waals surface area contributed by atoms with Gasteiger partial charge in [0, 0.05) is 27.8 Å². The van der Waals surface area contributed by atoms with Gasteiger partial charge in [-0.15, -0.1) is 0 Å². The third-order valence-corrected chi connectivity index (χ3v) is 11.6. The number of hydrogen-bond acceptors (Lipinski definition) is 6. The molecule has 1 aromatic heterocycles. The van der Waals surface area contributed by atoms with Crippen molar-refractivity contribution in [2.45, 2.75) is 5.41 Å². The van der Waals surface area contributed by atoms with Gasteiger partial charge >= 0.3 is 0 Å². The van der Waals surface area contributed by atoms with Gasteiger partial charge in [-0.05, 0) is 93.0 Å². The van der Waals surface area contributed by atoms with Crippen molar-refractivity contribution in [3.63, 3.8) is 0 Å². The summed E-state index contributed by atoms with van der Waals surface area (Å²) in [5.41, 5.74) is 13.1. The summed E-state index contributed by atoms with van der Waals surface area (Å²) in [6, 6.07) is 68.0. The highest BCUT2D eigenvalue weighted by Gasteiger charge is 2.51. The lowest BCUT2D eigenvalue weighted by Gasteiger charge is -2.39. The zero-order valence-corrected chi connectivity index (χ0v) is 32.0. The second-order valence-corrected chi connectivity index (χ2v) is 15.0. The Morgan fingerprint density at radius 3 is 1.53 bits per heavy atom. The molecule has 0 saturated heterocycles. The monoisotopic (exact) mass is 765 g/mol. The molecule has 2 heterocycles. The average molecular weight is 766 g/mol. The van der Waals surface area contributed by atoms with E-state index in [2.05, 4.69) is 109 Å². The largest absolute Gasteiger partial charge is 0.457 e. The molecule has 1 unspecified atom stereocenters. The number of nitrogens with zero attached hydrogens (tertiary/aromatic N) is 5. The number of aromatic nitrogens is 3. The SMILES string of the molecule is N#Cc1cc(C#N)cc(-c2ccc3c(c2)C2(c4ccccc4Oc4ccc(-c5nc(-c6ccccc6)nc(-c6ccc(-c7ccccc7)cc6)n5)cc42)c2ccccc2-3)c1. The topological polar surface area (TPSA) is 95.5 Å². The predicted octanol–water partition coefficient (Wildman–Crippen LogP) is 12.4. The second-order valence-electron chi connectivity index (χ2n) is 15.0. The Morgan fingerprint density at radius 2 is 0.833 bits per heavy atom. The molecule has 60 heavy (non-hydrogen) atoms. The van der Waals surface area contributed by atoms with Gasteiger partial charge in [0.1, 0.15) is 11.5 Å². The fourth-order valence-corrected chi connectivity index (χ4v) is 8.94. The van der Waals surface area contributed by atoms with E-state index in [0.29, 0.717) is 28.6 Å². The van der Waals surface area contributed by atoms with Crippen molar-refractivity contribution in [1.82, 2.24) is 15.0 Å². The minimum absolute atomic E-state index is 0.438. The van der Waals surface area contributed by atoms with Crippen LogP contribution in [0.2, 0.25) is 0 Å². The molecule has 0 amide bonds. The maximum absolute atomic E-state index is 9.87. The lowest BCUT2D eigenvalue weighted by Crippen LogP contribution is -2.32. The second kappa shape index (κ2) is 13.9. The first-order valence-corrected chi connectivity index (χ1v) is 19.7. The number of hydrogen-bond donors (Lipinski definition) is 0. The summed E-state index contributed by atoms with van der Waals surface area (Å²) in [5, 5.41) is 19.7. The maximum Gasteiger partial charge on any atom is 0.164 e. The normalized spacial score (nSPS) is 14.2. The van der Waals surface area contributed by atoms with Gasteiger partial charge in [0.25, 0.3) is 0 Å². The van der Waals surface area contributed by atoms with Crippen molar-refractivity contribution in [2.75, 3.05) is 0 Å². The summed E-state index contributed by atoms with van der Waals surface area (Å²) < 4.78 is 6.77. The summed E-state index contributed by atoms with van der Waals surface area (Å²) in [6.45, 7) is 0. The fourth-order valence-electron chi connectivity index (χ4n) is 8.94. The number of rotatable bonds is 5. The highest BCUT2D eigenvalue weighted by Crippen LogP contribution is 2.62. The molecule has 0 fully saturated rings. The molecule has 0 bridgehead atoms. The minimum atomic E-state index is -0.793. The molecule has 6 nitrogen and oxygen atoms in total. The van der Waals surface area contributed by atoms with Gasteiger partial charge in [-0.3, -0.25) is 0 Å². The van der Waals surface area contributed by atoms with Crippen molar-refractivity contribution in [3.8, 4) is 91.2 Å². The van der Waals surface area contributed by atoms with E-state index in [1.54, 1.807) is 6.07 Å². The van der Waals surface area contributed by atoms with Crippen molar-refractivity contribution in [1.29, 1.82) is 10.5 Å². The number of benzene rings is 8. The molecule has 1 aliphatic heterocycles. The molecule has 0 N–H and O–H groups in total. The summed E-state index contributed by atoms with van der Waals surface area (Å²) in [7, 11) is 0. The molecule has 8 aromatic carbocycles. The van der Waals surface area contributed by atoms with Crippen LogP contribution in [0.25, 0.3) is 67.5 Å². The summed E-state index contributed by atoms with van der Waals surface area (Å²) in [6.07, 6.45) is 0. The van der Waals surface area contributed by atoms with Crippen LogP contribution in [0.5, 0.6) is 11.5 Å². The zero-order chi connectivity index (χ0) is 40.2. The Labute approximate surface area is 347 Å². The van der Waals surface area contributed by atoms with E-state index in [0.717, 1.165) is 83.8 Å². The van der Waals surface area contributed by atoms with Gasteiger partial charge in [-0.1, -0.05) is 140 Å². The van der Waals surface area contributed by atoms with E-state index in [4.69, 9.17) is 19.7 Å². The molecule has 11 rings (SSSR count). The fraction of sp³-hybridized carbons (Fsp3) is 0.0185. The van der Waals surface area contributed by atoms with E-state index in [1.807, 2.05) is 84.9 Å². The van der Waals surface area contributed by atoms with Gasteiger partial charge in [-0.2, -0.15) is 10.5 Å². The molecule has 1 aliphatic carbocycles. The molecule has 2 aliphatic rings. The van der Waals surface area contributed by atoms with Crippen LogP contribution in [-0.2, 0) is 5.41 Å². The lowest BCUT2D eigenvalue weighted by atomic mass is 9.65. The Bertz CT molecular complexity index is 3220. The predicted molar refractivity (Wildman–Crippen MR) is 234 cm³/mol. The minimum Gasteiger partial charge on any atom is -0.457 e. The van der Waals surface area contributed by atoms with Crippen LogP contribution in [0, 0.1) is 22.7 Å². The standard InChI is InChI=1S/C54H31N5O/c55-32-34-27-35(33-56)29-42(28-34)40-23-25-44-43-15-7-8-16-45(43)54(47(44)30-40)46-17-9-10-18-49(46)60-50-26-24-41(31-48(50)54)53-58-51(38-13-5-2-6-14-38)57-52(59-53)39-21-19-37(20-22-39)36-11-3-1-4-12-36/h1-31H. The molecule has 278 valence electrons. The van der Waals surface area contributed by atoms with Crippen LogP contribution in [0.3, 0.4) is 0 Å². The van der Waals surface area contributed by atoms with E-state index < -0.39 is 5.41 Å². The van der Waals surface area contributed by atoms with Gasteiger partial charge in [-0.25, -0.2) is 15.0 Å². The number of nitriles is 2. The lowest BCUT2D eigenvalue weighted by molar-refractivity contribution is 0.436. The van der Waals surface area contributed by atoms with Crippen LogP contribution >= 0.6 is 0 Å². The van der Waals surface area contributed by atoms with Crippen LogP contribution in [0.15, 0.2) is 188 Å². The highest BCUT2D eigenvalue weighted by molar-refractivity contribution is 5.91. The van der Waals surface area contributed by atoms with E-state index >= 15 is 0 Å². The maximum atomic E-state index is 9.87. The quantitative estimate of drug-likeness (QED) is 0.173. The van der Waals surface area contributed by atoms with Gasteiger partial charge in [0.2, 0.25) is 0 Å². The first-order chi connectivity index (χ1) is 29.6. The average Bonchev–Trinajstić information content (AvgIpc) is 3.61. The number of ether oxygens (including phenoxy) is 1. The van der Waals surface area contributed by atoms with Crippen LogP contribution in [-0.4, -0.2) is 15.0 Å². The third-order valence-electron chi connectivity index (χ3n) is 11.6. The Kier molecular flexibility index (Phi) is 8.05. The van der Waals surface area contributed by atoms with Crippen LogP contribution < -0.4 is 4.74 Å². The van der Waals surface area contributed by atoms with E-state index in [-0.39, 0.29) is 0 Å². The van der Waals surface area contributed by atoms with E-state index in [9.17, 15) is 10.5 Å². The van der Waals surface area contributed by atoms with Crippen molar-refractivity contribution in [3.05, 3.63) is 221 Å². The number of fused-ring (bicyclic) bond motifs is 9. The molecule has 9 aromatic rings. The summed E-state index contributed by atoms with van der Waals surface area (Å²) >= 11 is 0. The van der Waals surface area contributed by atoms with Crippen molar-refractivity contribution < 1.29 is 4.74 Å². The molecular formula is C54H31N5O. The number of para-hydroxylation sites is 1. The van der Waals surface area contributed by atoms with E-state index in [1.165, 1.54) is 0 Å². The highest BCUT2D eigenvalue weighted by atomic mass is 16.5. The molecule has 1 spiro atoms. The molecular weight excluding hydrogens is 735 g/mol. The summed E-state index contributed by atoms with van der Waals surface area (Å²) in [4.78, 5) is 15.3. The van der Waals surface area contributed by atoms with Gasteiger partial charge < -0.3 is 4.74 Å². The first-order valence-electron chi connectivity index (χ1n) is 19.7. The molecule has 6 heteroatoms. The third kappa shape index (κ3) is 5.51. The Balaban J connectivity index is 1.13. The first kappa shape index (κ1) is 34.8. The molecule has 1 atom stereocenters. The Morgan fingerprint density at radius 1 is 0.350 bits per heavy atom. The smallest absolute Gasteiger partial charge is 0.164 e. The van der Waals surface area contributed by atoms with Crippen molar-refractivity contribution in [2.24, 2.45) is 0 Å². The van der Waals surface area contributed by atoms with Crippen LogP contribution in [0.4, 0.5) is 0 Å². The molecule has 0 saturated carbocycles. The van der Waals surface area contributed by atoms with Gasteiger partial charge in [0.05, 0.1) is 28.7 Å². The van der Waals surface area contributed by atoms with Crippen molar-refractivity contribution >= 4 is 0 Å².